The number of non-ortho nitro benzene ring substituents is 2. The van der Waals surface area contributed by atoms with E-state index in [9.17, 15) is 37.1 Å². The first-order valence-corrected chi connectivity index (χ1v) is 10.0. The molecule has 0 saturated carbocycles. The van der Waals surface area contributed by atoms with Crippen molar-refractivity contribution < 1.29 is 26.7 Å². The van der Waals surface area contributed by atoms with Crippen molar-refractivity contribution in [1.29, 1.82) is 0 Å². The Bertz CT molecular complexity index is 971. The molecule has 138 valence electrons. The van der Waals surface area contributed by atoms with Crippen LogP contribution in [0.3, 0.4) is 0 Å². The summed E-state index contributed by atoms with van der Waals surface area (Å²) in [5.41, 5.74) is -0.676. The Morgan fingerprint density at radius 1 is 0.692 bits per heavy atom. The van der Waals surface area contributed by atoms with Gasteiger partial charge >= 0.3 is 0 Å². The Morgan fingerprint density at radius 2 is 0.962 bits per heavy atom. The monoisotopic (exact) mass is 400 g/mol. The molecule has 12 heteroatoms. The van der Waals surface area contributed by atoms with Gasteiger partial charge in [0.05, 0.1) is 19.6 Å². The van der Waals surface area contributed by atoms with Crippen LogP contribution in [0.5, 0.6) is 0 Å². The average molecular weight is 400 g/mol. The van der Waals surface area contributed by atoms with Crippen molar-refractivity contribution in [2.75, 3.05) is 0 Å². The first-order valence-electron chi connectivity index (χ1n) is 6.94. The Balaban J connectivity index is 2.42. The van der Waals surface area contributed by atoms with Crippen LogP contribution in [0.4, 0.5) is 11.4 Å². The molecular weight excluding hydrogens is 388 g/mol. The zero-order chi connectivity index (χ0) is 19.7. The highest BCUT2D eigenvalue weighted by molar-refractivity contribution is 8.09. The molecule has 2 aromatic carbocycles. The predicted octanol–water partition coefficient (Wildman–Crippen LogP) is 2.10. The van der Waals surface area contributed by atoms with Crippen LogP contribution < -0.4 is 0 Å². The van der Waals surface area contributed by atoms with Gasteiger partial charge in [-0.15, -0.1) is 0 Å². The molecule has 0 N–H and O–H groups in total. The van der Waals surface area contributed by atoms with E-state index >= 15 is 0 Å². The molecule has 0 aliphatic rings. The van der Waals surface area contributed by atoms with Gasteiger partial charge in [-0.1, -0.05) is 0 Å². The second-order valence-corrected chi connectivity index (χ2v) is 10.00. The summed E-state index contributed by atoms with van der Waals surface area (Å²) < 4.78 is 48.3. The number of hydrogen-bond acceptors (Lipinski definition) is 8. The maximum Gasteiger partial charge on any atom is 0.269 e. The fourth-order valence-electron chi connectivity index (χ4n) is 2.07. The molecule has 0 radical (unpaired) electrons. The van der Waals surface area contributed by atoms with Gasteiger partial charge < -0.3 is 0 Å². The molecular formula is C14H12N2O8S2. The van der Waals surface area contributed by atoms with E-state index in [0.717, 1.165) is 55.5 Å². The first kappa shape index (κ1) is 19.5. The summed E-state index contributed by atoms with van der Waals surface area (Å²) in [5, 5.41) is 21.3. The van der Waals surface area contributed by atoms with Gasteiger partial charge in [0.2, 0.25) is 0 Å². The molecule has 2 rings (SSSR count). The average Bonchev–Trinajstić information content (AvgIpc) is 2.61. The van der Waals surface area contributed by atoms with E-state index in [1.807, 2.05) is 0 Å². The Kier molecular flexibility index (Phi) is 5.09. The number of nitro groups is 2. The SMILES string of the molecule is CC(S(=O)(=O)c1ccc([N+](=O)[O-])cc1)S(=O)(=O)c1ccc([N+](=O)[O-])cc1. The van der Waals surface area contributed by atoms with E-state index < -0.39 is 34.1 Å². The molecule has 0 aliphatic carbocycles. The summed E-state index contributed by atoms with van der Waals surface area (Å²) >= 11 is 0. The largest absolute Gasteiger partial charge is 0.269 e. The number of rotatable bonds is 6. The molecule has 0 unspecified atom stereocenters. The third kappa shape index (κ3) is 3.55. The lowest BCUT2D eigenvalue weighted by Gasteiger charge is -2.14. The zero-order valence-corrected chi connectivity index (χ0v) is 14.8. The maximum absolute atomic E-state index is 12.6. The zero-order valence-electron chi connectivity index (χ0n) is 13.2. The minimum absolute atomic E-state index is 0.338. The lowest BCUT2D eigenvalue weighted by atomic mass is 10.3. The van der Waals surface area contributed by atoms with Crippen LogP contribution in [0.1, 0.15) is 6.92 Å². The number of nitrogens with zero attached hydrogens (tertiary/aromatic N) is 2. The highest BCUT2D eigenvalue weighted by Crippen LogP contribution is 2.27. The number of hydrogen-bond donors (Lipinski definition) is 0. The standard InChI is InChI=1S/C14H12N2O8S2/c1-10(25(21,22)13-6-2-11(3-7-13)15(17)18)26(23,24)14-8-4-12(5-9-14)16(19)20/h2-10H,1H3. The fraction of sp³-hybridized carbons (Fsp3) is 0.143. The minimum Gasteiger partial charge on any atom is -0.258 e. The molecule has 0 fully saturated rings. The van der Waals surface area contributed by atoms with Crippen LogP contribution in [-0.2, 0) is 19.7 Å². The van der Waals surface area contributed by atoms with Crippen molar-refractivity contribution >= 4 is 31.0 Å². The van der Waals surface area contributed by atoms with E-state index in [-0.39, 0.29) is 21.2 Å². The topological polar surface area (TPSA) is 155 Å². The van der Waals surface area contributed by atoms with Crippen LogP contribution in [-0.4, -0.2) is 31.3 Å². The summed E-state index contributed by atoms with van der Waals surface area (Å²) in [4.78, 5) is 19.1. The van der Waals surface area contributed by atoms with Crippen molar-refractivity contribution in [3.05, 3.63) is 68.8 Å². The molecule has 10 nitrogen and oxygen atoms in total. The molecule has 0 aliphatic heterocycles. The maximum atomic E-state index is 12.6. The Morgan fingerprint density at radius 3 is 1.19 bits per heavy atom. The van der Waals surface area contributed by atoms with E-state index in [2.05, 4.69) is 0 Å². The number of sulfone groups is 2. The van der Waals surface area contributed by atoms with Gasteiger partial charge in [-0.2, -0.15) is 0 Å². The van der Waals surface area contributed by atoms with E-state index in [1.165, 1.54) is 0 Å². The summed E-state index contributed by atoms with van der Waals surface area (Å²) in [6, 6.07) is 7.64. The van der Waals surface area contributed by atoms with Crippen molar-refractivity contribution in [2.24, 2.45) is 0 Å². The van der Waals surface area contributed by atoms with Crippen LogP contribution in [0.15, 0.2) is 58.3 Å². The minimum atomic E-state index is -4.36. The summed E-state index contributed by atoms with van der Waals surface area (Å²) in [6.07, 6.45) is 0. The van der Waals surface area contributed by atoms with Gasteiger partial charge in [0.15, 0.2) is 24.3 Å². The highest BCUT2D eigenvalue weighted by Gasteiger charge is 2.36. The second-order valence-electron chi connectivity index (χ2n) is 5.16. The molecule has 0 amide bonds. The van der Waals surface area contributed by atoms with E-state index in [4.69, 9.17) is 0 Å². The van der Waals surface area contributed by atoms with Crippen molar-refractivity contribution in [3.63, 3.8) is 0 Å². The van der Waals surface area contributed by atoms with Crippen molar-refractivity contribution in [2.45, 2.75) is 21.3 Å². The normalized spacial score (nSPS) is 12.1. The second kappa shape index (κ2) is 6.80. The summed E-state index contributed by atoms with van der Waals surface area (Å²) in [6.45, 7) is 0.966. The molecule has 0 atom stereocenters. The predicted molar refractivity (Wildman–Crippen MR) is 90.0 cm³/mol. The van der Waals surface area contributed by atoms with Crippen LogP contribution >= 0.6 is 0 Å². The highest BCUT2D eigenvalue weighted by atomic mass is 32.3. The van der Waals surface area contributed by atoms with Gasteiger partial charge in [0.1, 0.15) is 0 Å². The molecule has 0 spiro atoms. The smallest absolute Gasteiger partial charge is 0.258 e. The number of benzene rings is 2. The van der Waals surface area contributed by atoms with E-state index in [0.29, 0.717) is 0 Å². The molecule has 0 aromatic heterocycles. The van der Waals surface area contributed by atoms with Gasteiger partial charge in [0.25, 0.3) is 11.4 Å². The van der Waals surface area contributed by atoms with Crippen LogP contribution in [0.25, 0.3) is 0 Å². The van der Waals surface area contributed by atoms with Gasteiger partial charge in [-0.3, -0.25) is 20.2 Å². The van der Waals surface area contributed by atoms with Crippen LogP contribution in [0, 0.1) is 20.2 Å². The van der Waals surface area contributed by atoms with E-state index in [1.54, 1.807) is 0 Å². The van der Waals surface area contributed by atoms with Gasteiger partial charge in [0, 0.05) is 24.3 Å². The van der Waals surface area contributed by atoms with Crippen molar-refractivity contribution in [3.8, 4) is 0 Å². The van der Waals surface area contributed by atoms with Gasteiger partial charge in [-0.05, 0) is 31.2 Å². The van der Waals surface area contributed by atoms with Crippen molar-refractivity contribution in [1.82, 2.24) is 0 Å². The molecule has 0 heterocycles. The first-order chi connectivity index (χ1) is 12.0. The summed E-state index contributed by atoms with van der Waals surface area (Å²) in [5.74, 6) is 0. The lowest BCUT2D eigenvalue weighted by molar-refractivity contribution is -0.385. The van der Waals surface area contributed by atoms with Crippen LogP contribution in [0.2, 0.25) is 0 Å². The summed E-state index contributed by atoms with van der Waals surface area (Å²) in [7, 11) is -8.72. The Hall–Kier alpha value is -2.86. The molecule has 2 aromatic rings. The fourth-order valence-corrected chi connectivity index (χ4v) is 5.86. The lowest BCUT2D eigenvalue weighted by Crippen LogP contribution is -2.27. The number of nitro benzene ring substituents is 2. The molecule has 0 bridgehead atoms. The quantitative estimate of drug-likeness (QED) is 0.527. The molecule has 0 saturated heterocycles. The third-order valence-electron chi connectivity index (χ3n) is 3.63. The van der Waals surface area contributed by atoms with Gasteiger partial charge in [-0.25, -0.2) is 16.8 Å². The third-order valence-corrected chi connectivity index (χ3v) is 8.75. The Labute approximate surface area is 148 Å². The molecule has 26 heavy (non-hydrogen) atoms.